The van der Waals surface area contributed by atoms with E-state index in [2.05, 4.69) is 30.4 Å². The minimum atomic E-state index is 0.505. The smallest absolute Gasteiger partial charge is 0.255 e. The summed E-state index contributed by atoms with van der Waals surface area (Å²) >= 11 is 0. The van der Waals surface area contributed by atoms with Gasteiger partial charge in [-0.25, -0.2) is 9.67 Å². The lowest BCUT2D eigenvalue weighted by atomic mass is 9.87. The molecule has 3 aromatic rings. The summed E-state index contributed by atoms with van der Waals surface area (Å²) in [5.74, 6) is 3.22. The van der Waals surface area contributed by atoms with Crippen molar-refractivity contribution in [3.63, 3.8) is 0 Å². The molecule has 7 heteroatoms. The number of rotatable bonds is 5. The highest BCUT2D eigenvalue weighted by Crippen LogP contribution is 2.26. The van der Waals surface area contributed by atoms with Crippen LogP contribution in [0.5, 0.6) is 0 Å². The Morgan fingerprint density at radius 3 is 2.68 bits per heavy atom. The maximum atomic E-state index is 4.63. The Morgan fingerprint density at radius 1 is 1.00 bits per heavy atom. The summed E-state index contributed by atoms with van der Waals surface area (Å²) in [6, 6.07) is 7.55. The average Bonchev–Trinajstić information content (AvgIpc) is 3.18. The number of nitrogens with zero attached hydrogens (tertiary/aromatic N) is 6. The highest BCUT2D eigenvalue weighted by atomic mass is 15.4. The Hall–Kier alpha value is -2.83. The Kier molecular flexibility index (Phi) is 4.63. The van der Waals surface area contributed by atoms with Gasteiger partial charge in [0.05, 0.1) is 0 Å². The molecule has 1 aliphatic rings. The molecule has 25 heavy (non-hydrogen) atoms. The van der Waals surface area contributed by atoms with E-state index in [4.69, 9.17) is 0 Å². The zero-order chi connectivity index (χ0) is 16.9. The van der Waals surface area contributed by atoms with Gasteiger partial charge in [-0.15, -0.1) is 0 Å². The summed E-state index contributed by atoms with van der Waals surface area (Å²) in [4.78, 5) is 18.0. The number of hydrogen-bond acceptors (Lipinski definition) is 6. The van der Waals surface area contributed by atoms with Crippen LogP contribution in [0.2, 0.25) is 0 Å². The van der Waals surface area contributed by atoms with Crippen LogP contribution in [-0.2, 0) is 6.42 Å². The molecule has 0 saturated heterocycles. The topological polar surface area (TPSA) is 81.4 Å². The maximum absolute atomic E-state index is 4.63. The zero-order valence-electron chi connectivity index (χ0n) is 14.0. The lowest BCUT2D eigenvalue weighted by Crippen LogP contribution is -2.15. The molecule has 1 saturated carbocycles. The van der Waals surface area contributed by atoms with Crippen LogP contribution in [0.3, 0.4) is 0 Å². The fourth-order valence-corrected chi connectivity index (χ4v) is 3.24. The Bertz CT molecular complexity index is 796. The molecule has 1 fully saturated rings. The molecule has 128 valence electrons. The minimum absolute atomic E-state index is 0.505. The van der Waals surface area contributed by atoms with Crippen molar-refractivity contribution >= 4 is 11.8 Å². The van der Waals surface area contributed by atoms with Crippen molar-refractivity contribution in [2.24, 2.45) is 5.92 Å². The first-order chi connectivity index (χ1) is 12.4. The normalized spacial score (nSPS) is 15.2. The Balaban J connectivity index is 1.62. The first kappa shape index (κ1) is 15.7. The lowest BCUT2D eigenvalue weighted by molar-refractivity contribution is 0.351. The third kappa shape index (κ3) is 3.99. The van der Waals surface area contributed by atoms with Crippen LogP contribution in [0.1, 0.15) is 37.9 Å². The number of aromatic nitrogens is 6. The molecule has 3 aromatic heterocycles. The van der Waals surface area contributed by atoms with Crippen molar-refractivity contribution < 1.29 is 0 Å². The summed E-state index contributed by atoms with van der Waals surface area (Å²) < 4.78 is 1.66. The SMILES string of the molecule is c1ccc(Nc2nc(CC3CCCCC3)nc(-n3cccn3)n2)nc1. The van der Waals surface area contributed by atoms with Gasteiger partial charge >= 0.3 is 0 Å². The highest BCUT2D eigenvalue weighted by molar-refractivity contribution is 5.47. The first-order valence-electron chi connectivity index (χ1n) is 8.80. The van der Waals surface area contributed by atoms with E-state index in [9.17, 15) is 0 Å². The molecule has 1 N–H and O–H groups in total. The summed E-state index contributed by atoms with van der Waals surface area (Å²) in [7, 11) is 0. The van der Waals surface area contributed by atoms with Crippen LogP contribution >= 0.6 is 0 Å². The predicted molar refractivity (Wildman–Crippen MR) is 94.7 cm³/mol. The van der Waals surface area contributed by atoms with Crippen molar-refractivity contribution in [3.8, 4) is 5.95 Å². The molecular weight excluding hydrogens is 314 g/mol. The van der Waals surface area contributed by atoms with Crippen molar-refractivity contribution in [1.29, 1.82) is 0 Å². The molecule has 3 heterocycles. The van der Waals surface area contributed by atoms with Gasteiger partial charge in [-0.3, -0.25) is 0 Å². The predicted octanol–water partition coefficient (Wildman–Crippen LogP) is 3.32. The minimum Gasteiger partial charge on any atom is -0.309 e. The third-order valence-electron chi connectivity index (χ3n) is 4.48. The van der Waals surface area contributed by atoms with E-state index in [-0.39, 0.29) is 0 Å². The van der Waals surface area contributed by atoms with Crippen molar-refractivity contribution in [1.82, 2.24) is 29.7 Å². The van der Waals surface area contributed by atoms with Gasteiger partial charge in [0.25, 0.3) is 5.95 Å². The summed E-state index contributed by atoms with van der Waals surface area (Å²) in [6.07, 6.45) is 12.6. The van der Waals surface area contributed by atoms with Crippen molar-refractivity contribution in [2.45, 2.75) is 38.5 Å². The standard InChI is InChI=1S/C18H21N7/c1-2-7-14(8-3-1)13-16-22-17(21-15-9-4-5-10-19-15)24-18(23-16)25-12-6-11-20-25/h4-6,9-12,14H,1-3,7-8,13H2,(H,19,21,22,23,24). The van der Waals surface area contributed by atoms with Crippen molar-refractivity contribution in [3.05, 3.63) is 48.7 Å². The van der Waals surface area contributed by atoms with Gasteiger partial charge in [0.15, 0.2) is 0 Å². The molecule has 0 aliphatic heterocycles. The monoisotopic (exact) mass is 335 g/mol. The molecule has 4 rings (SSSR count). The Morgan fingerprint density at radius 2 is 1.92 bits per heavy atom. The quantitative estimate of drug-likeness (QED) is 0.770. The van der Waals surface area contributed by atoms with Crippen LogP contribution < -0.4 is 5.32 Å². The van der Waals surface area contributed by atoms with Crippen LogP contribution in [0, 0.1) is 5.92 Å². The van der Waals surface area contributed by atoms with Crippen LogP contribution in [0.25, 0.3) is 5.95 Å². The maximum Gasteiger partial charge on any atom is 0.255 e. The molecular formula is C18H21N7. The number of anilines is 2. The molecule has 0 atom stereocenters. The largest absolute Gasteiger partial charge is 0.309 e. The van der Waals surface area contributed by atoms with Gasteiger partial charge in [0, 0.05) is 25.0 Å². The molecule has 0 aromatic carbocycles. The van der Waals surface area contributed by atoms with E-state index in [1.807, 2.05) is 30.5 Å². The summed E-state index contributed by atoms with van der Waals surface area (Å²) in [6.45, 7) is 0. The second kappa shape index (κ2) is 7.38. The fourth-order valence-electron chi connectivity index (χ4n) is 3.24. The van der Waals surface area contributed by atoms with E-state index in [1.54, 1.807) is 17.1 Å². The summed E-state index contributed by atoms with van der Waals surface area (Å²) in [5, 5.41) is 7.41. The molecule has 0 radical (unpaired) electrons. The van der Waals surface area contributed by atoms with Gasteiger partial charge in [-0.05, 0) is 24.1 Å². The number of nitrogens with one attached hydrogen (secondary N) is 1. The average molecular weight is 335 g/mol. The number of pyridine rings is 1. The van der Waals surface area contributed by atoms with Crippen LogP contribution in [-0.4, -0.2) is 29.7 Å². The van der Waals surface area contributed by atoms with E-state index < -0.39 is 0 Å². The van der Waals surface area contributed by atoms with E-state index in [1.165, 1.54) is 32.1 Å². The first-order valence-corrected chi connectivity index (χ1v) is 8.80. The molecule has 1 aliphatic carbocycles. The Labute approximate surface area is 146 Å². The number of hydrogen-bond donors (Lipinski definition) is 1. The molecule has 0 amide bonds. The third-order valence-corrected chi connectivity index (χ3v) is 4.48. The summed E-state index contributed by atoms with van der Waals surface area (Å²) in [5.41, 5.74) is 0. The second-order valence-corrected chi connectivity index (χ2v) is 6.37. The van der Waals surface area contributed by atoms with Crippen LogP contribution in [0.15, 0.2) is 42.9 Å². The fraction of sp³-hybridized carbons (Fsp3) is 0.389. The lowest BCUT2D eigenvalue weighted by Gasteiger charge is -2.20. The molecule has 7 nitrogen and oxygen atoms in total. The molecule has 0 spiro atoms. The van der Waals surface area contributed by atoms with Gasteiger partial charge in [0.1, 0.15) is 11.6 Å². The van der Waals surface area contributed by atoms with E-state index in [0.717, 1.165) is 12.2 Å². The molecule has 0 unspecified atom stereocenters. The van der Waals surface area contributed by atoms with Crippen molar-refractivity contribution in [2.75, 3.05) is 5.32 Å². The van der Waals surface area contributed by atoms with Gasteiger partial charge in [-0.2, -0.15) is 20.1 Å². The second-order valence-electron chi connectivity index (χ2n) is 6.37. The zero-order valence-corrected chi connectivity index (χ0v) is 14.0. The van der Waals surface area contributed by atoms with E-state index >= 15 is 0 Å². The van der Waals surface area contributed by atoms with E-state index in [0.29, 0.717) is 23.6 Å². The molecule has 0 bridgehead atoms. The van der Waals surface area contributed by atoms with Gasteiger partial charge < -0.3 is 5.32 Å². The highest BCUT2D eigenvalue weighted by Gasteiger charge is 2.17. The van der Waals surface area contributed by atoms with Crippen LogP contribution in [0.4, 0.5) is 11.8 Å². The van der Waals surface area contributed by atoms with Gasteiger partial charge in [-0.1, -0.05) is 38.2 Å². The van der Waals surface area contributed by atoms with Gasteiger partial charge in [0.2, 0.25) is 5.95 Å².